The van der Waals surface area contributed by atoms with E-state index in [0.29, 0.717) is 0 Å². The van der Waals surface area contributed by atoms with Crippen LogP contribution in [0, 0.1) is 0 Å². The molecule has 0 rings (SSSR count). The van der Waals surface area contributed by atoms with E-state index in [0.717, 1.165) is 0 Å². The second kappa shape index (κ2) is 10.3. The smallest absolute Gasteiger partial charge is 0.216 e. The summed E-state index contributed by atoms with van der Waals surface area (Å²) in [7, 11) is 0. The molecule has 0 aromatic carbocycles. The lowest BCUT2D eigenvalue weighted by atomic mass is 9.86. The van der Waals surface area contributed by atoms with Gasteiger partial charge in [-0.15, -0.1) is 0 Å². The van der Waals surface area contributed by atoms with Crippen LogP contribution in [0.3, 0.4) is 0 Å². The van der Waals surface area contributed by atoms with E-state index in [1.807, 2.05) is 0 Å². The molecule has 0 fully saturated rings. The summed E-state index contributed by atoms with van der Waals surface area (Å²) in [5.74, 6) is -96.5. The Kier molecular flexibility index (Phi) is 9.78. The van der Waals surface area contributed by atoms with E-state index in [-0.39, 0.29) is 0 Å². The average Bonchev–Trinajstić information content (AvgIpc) is 2.78. The molecule has 0 nitrogen and oxygen atoms in total. The number of hydrogen-bond acceptors (Lipinski definition) is 0. The van der Waals surface area contributed by atoms with Crippen LogP contribution >= 0.6 is 0 Å². The first kappa shape index (κ1) is 42.6. The van der Waals surface area contributed by atoms with Crippen molar-refractivity contribution < 1.29 is 132 Å². The van der Waals surface area contributed by atoms with E-state index >= 15 is 0 Å². The molecule has 45 heavy (non-hydrogen) atoms. The second-order valence-corrected chi connectivity index (χ2v) is 7.95. The van der Waals surface area contributed by atoms with Crippen LogP contribution in [0.4, 0.5) is 132 Å². The van der Waals surface area contributed by atoms with Crippen LogP contribution in [0.25, 0.3) is 0 Å². The third kappa shape index (κ3) is 5.16. The van der Waals surface area contributed by atoms with Gasteiger partial charge in [-0.1, -0.05) is 0 Å². The Morgan fingerprint density at radius 3 is 0.644 bits per heavy atom. The number of rotatable bonds is 10. The third-order valence-corrected chi connectivity index (χ3v) is 5.07. The van der Waals surface area contributed by atoms with Gasteiger partial charge in [0.25, 0.3) is 0 Å². The molecule has 30 heteroatoms. The minimum Gasteiger partial charge on any atom is -0.216 e. The van der Waals surface area contributed by atoms with Crippen molar-refractivity contribution in [3.63, 3.8) is 0 Å². The minimum absolute atomic E-state index is 6.24. The molecule has 0 aromatic heterocycles. The summed E-state index contributed by atoms with van der Waals surface area (Å²) in [5.41, 5.74) is -8.75. The molecule has 0 unspecified atom stereocenters. The molecule has 0 aliphatic carbocycles. The van der Waals surface area contributed by atoms with Gasteiger partial charge in [0.1, 0.15) is 0 Å². The Balaban J connectivity index is 7.60. The first-order chi connectivity index (χ1) is 18.8. The molecule has 0 radical (unpaired) electrons. The summed E-state index contributed by atoms with van der Waals surface area (Å²) < 4.78 is 390. The first-order valence-corrected chi connectivity index (χ1v) is 9.17. The summed E-state index contributed by atoms with van der Waals surface area (Å²) in [5, 5.41) is 0. The molecule has 0 aromatic rings. The van der Waals surface area contributed by atoms with E-state index in [1.165, 1.54) is 0 Å². The lowest BCUT2D eigenvalue weighted by molar-refractivity contribution is -0.467. The van der Waals surface area contributed by atoms with Crippen molar-refractivity contribution in [2.24, 2.45) is 0 Å². The highest BCUT2D eigenvalue weighted by atomic mass is 19.4. The predicted molar refractivity (Wildman–Crippen MR) is 75.8 cm³/mol. The van der Waals surface area contributed by atoms with Gasteiger partial charge in [0.15, 0.2) is 0 Å². The fourth-order valence-corrected chi connectivity index (χ4v) is 2.44. The zero-order chi connectivity index (χ0) is 37.7. The van der Waals surface area contributed by atoms with E-state index < -0.39 is 89.2 Å². The van der Waals surface area contributed by atoms with Crippen LogP contribution in [-0.4, -0.2) is 77.5 Å². The standard InChI is InChI=1S/C15F30/c16-1(3(18,19)5(22,13(37,38)39)14(40,41)42)2(17)4(20,21)6(23,24)7(25,26)8(27,28)9(29,30)10(31,32)11(33,34)12(35,36)15(43,44)45. The summed E-state index contributed by atoms with van der Waals surface area (Å²) >= 11 is 0. The van der Waals surface area contributed by atoms with Crippen molar-refractivity contribution >= 4 is 0 Å². The molecule has 0 N–H and O–H groups in total. The number of halogens is 30. The predicted octanol–water partition coefficient (Wildman–Crippen LogP) is 10.2. The maximum Gasteiger partial charge on any atom is 0.460 e. The Hall–Kier alpha value is -2.36. The highest BCUT2D eigenvalue weighted by molar-refractivity contribution is 5.28. The maximum atomic E-state index is 13.6. The van der Waals surface area contributed by atoms with Crippen molar-refractivity contribution in [3.8, 4) is 0 Å². The fraction of sp³-hybridized carbons (Fsp3) is 0.867. The van der Waals surface area contributed by atoms with E-state index in [2.05, 4.69) is 0 Å². The zero-order valence-electron chi connectivity index (χ0n) is 18.8. The van der Waals surface area contributed by atoms with Crippen LogP contribution in [-0.2, 0) is 0 Å². The van der Waals surface area contributed by atoms with Crippen molar-refractivity contribution in [1.82, 2.24) is 0 Å². The minimum atomic E-state index is -9.73. The van der Waals surface area contributed by atoms with E-state index in [4.69, 9.17) is 0 Å². The van der Waals surface area contributed by atoms with Crippen LogP contribution in [0.5, 0.6) is 0 Å². The highest BCUT2D eigenvalue weighted by Gasteiger charge is 2.97. The summed E-state index contributed by atoms with van der Waals surface area (Å²) in [6.07, 6.45) is -25.1. The number of hydrogen-bond donors (Lipinski definition) is 0. The van der Waals surface area contributed by atoms with Gasteiger partial charge in [-0.05, 0) is 0 Å². The van der Waals surface area contributed by atoms with Crippen molar-refractivity contribution in [3.05, 3.63) is 11.7 Å². The molecule has 0 saturated heterocycles. The Labute approximate surface area is 222 Å². The largest absolute Gasteiger partial charge is 0.460 e. The lowest BCUT2D eigenvalue weighted by Crippen LogP contribution is -2.75. The topological polar surface area (TPSA) is 0 Å². The number of allylic oxidation sites excluding steroid dienone is 2. The quantitative estimate of drug-likeness (QED) is 0.195. The zero-order valence-corrected chi connectivity index (χ0v) is 18.8. The van der Waals surface area contributed by atoms with Gasteiger partial charge in [-0.3, -0.25) is 0 Å². The fourth-order valence-electron chi connectivity index (χ4n) is 2.44. The molecule has 0 saturated carbocycles. The van der Waals surface area contributed by atoms with E-state index in [1.54, 1.807) is 0 Å². The Bertz CT molecular complexity index is 1110. The van der Waals surface area contributed by atoms with Gasteiger partial charge in [0.05, 0.1) is 0 Å². The van der Waals surface area contributed by atoms with Gasteiger partial charge in [0.2, 0.25) is 11.7 Å². The molecule has 0 heterocycles. The Morgan fingerprint density at radius 1 is 0.222 bits per heavy atom. The molecule has 0 spiro atoms. The summed E-state index contributed by atoms with van der Waals surface area (Å²) in [6.45, 7) is 0. The first-order valence-electron chi connectivity index (χ1n) is 9.17. The number of alkyl halides is 28. The van der Waals surface area contributed by atoms with E-state index in [9.17, 15) is 132 Å². The van der Waals surface area contributed by atoms with Gasteiger partial charge < -0.3 is 0 Å². The molecule has 0 atom stereocenters. The molecule has 0 aliphatic rings. The van der Waals surface area contributed by atoms with Crippen LogP contribution in [0.1, 0.15) is 0 Å². The van der Waals surface area contributed by atoms with Crippen molar-refractivity contribution in [2.75, 3.05) is 0 Å². The van der Waals surface area contributed by atoms with Gasteiger partial charge in [-0.25, -0.2) is 13.2 Å². The van der Waals surface area contributed by atoms with Gasteiger partial charge >= 0.3 is 77.5 Å². The molecule has 0 aliphatic heterocycles. The van der Waals surface area contributed by atoms with Crippen LogP contribution < -0.4 is 0 Å². The van der Waals surface area contributed by atoms with Crippen molar-refractivity contribution in [1.29, 1.82) is 0 Å². The monoisotopic (exact) mass is 750 g/mol. The molecule has 0 amide bonds. The van der Waals surface area contributed by atoms with Gasteiger partial charge in [0, 0.05) is 0 Å². The Morgan fingerprint density at radius 2 is 0.422 bits per heavy atom. The van der Waals surface area contributed by atoms with Crippen LogP contribution in [0.15, 0.2) is 11.7 Å². The van der Waals surface area contributed by atoms with Gasteiger partial charge in [-0.2, -0.15) is 119 Å². The highest BCUT2D eigenvalue weighted by Crippen LogP contribution is 2.66. The SMILES string of the molecule is FC(=C(F)C(F)(F)C(F)(C(F)(F)F)C(F)(F)F)C(F)(F)C(F)(F)C(F)(F)C(F)(F)C(F)(F)C(F)(F)C(F)(F)C(F)(F)C(F)(F)F. The summed E-state index contributed by atoms with van der Waals surface area (Å²) in [6, 6.07) is 0. The third-order valence-electron chi connectivity index (χ3n) is 5.07. The second-order valence-electron chi connectivity index (χ2n) is 7.95. The molecular weight excluding hydrogens is 750 g/mol. The normalized spacial score (nSPS) is 17.5. The van der Waals surface area contributed by atoms with Crippen molar-refractivity contribution in [2.45, 2.75) is 77.5 Å². The van der Waals surface area contributed by atoms with Crippen LogP contribution in [0.2, 0.25) is 0 Å². The molecule has 0 bridgehead atoms. The molecule has 270 valence electrons. The maximum absolute atomic E-state index is 13.6. The molecular formula is C15F30. The summed E-state index contributed by atoms with van der Waals surface area (Å²) in [4.78, 5) is 0. The average molecular weight is 750 g/mol. The lowest BCUT2D eigenvalue weighted by Gasteiger charge is -2.43.